The van der Waals surface area contributed by atoms with Gasteiger partial charge in [0.05, 0.1) is 6.10 Å². The second-order valence-electron chi connectivity index (χ2n) is 6.51. The van der Waals surface area contributed by atoms with Gasteiger partial charge in [-0.3, -0.25) is 4.90 Å². The summed E-state index contributed by atoms with van der Waals surface area (Å²) >= 11 is 0. The molecule has 0 radical (unpaired) electrons. The number of likely N-dealkylation sites (N-methyl/N-ethyl adjacent to an activating group) is 1. The van der Waals surface area contributed by atoms with Crippen molar-refractivity contribution in [3.8, 4) is 0 Å². The van der Waals surface area contributed by atoms with Gasteiger partial charge in [0.25, 0.3) is 0 Å². The number of ether oxygens (including phenoxy) is 1. The summed E-state index contributed by atoms with van der Waals surface area (Å²) in [5.74, 6) is 0. The van der Waals surface area contributed by atoms with Crippen LogP contribution in [0.15, 0.2) is 24.3 Å². The predicted octanol–water partition coefficient (Wildman–Crippen LogP) is 2.84. The van der Waals surface area contributed by atoms with Gasteiger partial charge in [0, 0.05) is 25.7 Å². The highest BCUT2D eigenvalue weighted by molar-refractivity contribution is 5.22. The van der Waals surface area contributed by atoms with Gasteiger partial charge in [-0.25, -0.2) is 0 Å². The third kappa shape index (κ3) is 6.16. The highest BCUT2D eigenvalue weighted by Crippen LogP contribution is 2.14. The average Bonchev–Trinajstić information content (AvgIpc) is 2.93. The number of rotatable bonds is 8. The molecule has 1 N–H and O–H groups in total. The maximum absolute atomic E-state index is 5.70. The molecule has 1 aromatic carbocycles. The normalized spacial score (nSPS) is 18.8. The van der Waals surface area contributed by atoms with Gasteiger partial charge in [0.2, 0.25) is 0 Å². The summed E-state index contributed by atoms with van der Waals surface area (Å²) in [7, 11) is 2.18. The van der Waals surface area contributed by atoms with Crippen LogP contribution in [0.5, 0.6) is 0 Å². The average molecular weight is 290 g/mol. The first-order chi connectivity index (χ1) is 10.1. The van der Waals surface area contributed by atoms with Crippen LogP contribution in [-0.4, -0.2) is 43.8 Å². The molecule has 1 heterocycles. The molecule has 3 nitrogen and oxygen atoms in total. The molecule has 1 aromatic rings. The van der Waals surface area contributed by atoms with Crippen LogP contribution in [0.3, 0.4) is 0 Å². The van der Waals surface area contributed by atoms with Gasteiger partial charge in [-0.2, -0.15) is 0 Å². The molecule has 1 aliphatic rings. The second-order valence-corrected chi connectivity index (χ2v) is 6.51. The van der Waals surface area contributed by atoms with E-state index in [0.717, 1.165) is 32.7 Å². The fraction of sp³-hybridized carbons (Fsp3) is 0.667. The van der Waals surface area contributed by atoms with E-state index in [9.17, 15) is 0 Å². The number of hydrogen-bond donors (Lipinski definition) is 1. The zero-order chi connectivity index (χ0) is 15.1. The predicted molar refractivity (Wildman–Crippen MR) is 88.6 cm³/mol. The van der Waals surface area contributed by atoms with Gasteiger partial charge < -0.3 is 10.1 Å². The van der Waals surface area contributed by atoms with Gasteiger partial charge in [0.15, 0.2) is 0 Å². The lowest BCUT2D eigenvalue weighted by Gasteiger charge is -2.20. The number of hydrogen-bond acceptors (Lipinski definition) is 3. The van der Waals surface area contributed by atoms with Gasteiger partial charge in [0.1, 0.15) is 0 Å². The molecule has 1 aliphatic heterocycles. The van der Waals surface area contributed by atoms with Crippen LogP contribution in [0, 0.1) is 0 Å². The van der Waals surface area contributed by atoms with E-state index in [-0.39, 0.29) is 0 Å². The van der Waals surface area contributed by atoms with Crippen molar-refractivity contribution >= 4 is 0 Å². The minimum absolute atomic E-state index is 0.441. The zero-order valence-electron chi connectivity index (χ0n) is 13.8. The van der Waals surface area contributed by atoms with Crippen LogP contribution in [0.1, 0.15) is 37.8 Å². The Morgan fingerprint density at radius 1 is 1.24 bits per heavy atom. The summed E-state index contributed by atoms with van der Waals surface area (Å²) in [5, 5.41) is 3.46. The van der Waals surface area contributed by atoms with E-state index < -0.39 is 0 Å². The van der Waals surface area contributed by atoms with E-state index in [1.807, 2.05) is 0 Å². The highest BCUT2D eigenvalue weighted by Gasteiger charge is 2.17. The largest absolute Gasteiger partial charge is 0.377 e. The van der Waals surface area contributed by atoms with E-state index in [4.69, 9.17) is 4.74 Å². The molecule has 0 aromatic heterocycles. The van der Waals surface area contributed by atoms with E-state index in [0.29, 0.717) is 12.1 Å². The van der Waals surface area contributed by atoms with Crippen LogP contribution in [0.2, 0.25) is 0 Å². The molecular weight excluding hydrogens is 260 g/mol. The lowest BCUT2D eigenvalue weighted by Crippen LogP contribution is -2.28. The van der Waals surface area contributed by atoms with Crippen molar-refractivity contribution in [2.24, 2.45) is 0 Å². The first-order valence-corrected chi connectivity index (χ1v) is 8.25. The smallest absolute Gasteiger partial charge is 0.0702 e. The lowest BCUT2D eigenvalue weighted by atomic mass is 10.1. The van der Waals surface area contributed by atoms with Crippen molar-refractivity contribution in [3.05, 3.63) is 35.4 Å². The molecule has 2 rings (SSSR count). The Bertz CT molecular complexity index is 396. The van der Waals surface area contributed by atoms with Crippen molar-refractivity contribution in [1.29, 1.82) is 0 Å². The molecule has 21 heavy (non-hydrogen) atoms. The molecule has 0 amide bonds. The Morgan fingerprint density at radius 2 is 1.95 bits per heavy atom. The van der Waals surface area contributed by atoms with Gasteiger partial charge >= 0.3 is 0 Å². The summed E-state index contributed by atoms with van der Waals surface area (Å²) in [6.07, 6.45) is 3.98. The summed E-state index contributed by atoms with van der Waals surface area (Å²) in [6.45, 7) is 8.41. The van der Waals surface area contributed by atoms with E-state index in [1.165, 1.54) is 24.0 Å². The molecular formula is C18H30N2O. The van der Waals surface area contributed by atoms with E-state index in [2.05, 4.69) is 55.4 Å². The number of nitrogens with one attached hydrogen (secondary N) is 1. The molecule has 0 spiro atoms. The van der Waals surface area contributed by atoms with Crippen molar-refractivity contribution in [3.63, 3.8) is 0 Å². The molecule has 3 heteroatoms. The first kappa shape index (κ1) is 16.5. The SMILES string of the molecule is CC(C)NCCc1ccc(CN(C)CC2CCCO2)cc1. The topological polar surface area (TPSA) is 24.5 Å². The molecule has 1 atom stereocenters. The summed E-state index contributed by atoms with van der Waals surface area (Å²) < 4.78 is 5.70. The van der Waals surface area contributed by atoms with Crippen LogP contribution in [0.25, 0.3) is 0 Å². The summed E-state index contributed by atoms with van der Waals surface area (Å²) in [5.41, 5.74) is 2.80. The summed E-state index contributed by atoms with van der Waals surface area (Å²) in [6, 6.07) is 9.61. The molecule has 0 aliphatic carbocycles. The third-order valence-electron chi connectivity index (χ3n) is 3.98. The number of nitrogens with zero attached hydrogens (tertiary/aromatic N) is 1. The van der Waals surface area contributed by atoms with Gasteiger partial charge in [-0.15, -0.1) is 0 Å². The highest BCUT2D eigenvalue weighted by atomic mass is 16.5. The standard InChI is InChI=1S/C18H30N2O/c1-15(2)19-11-10-16-6-8-17(9-7-16)13-20(3)14-18-5-4-12-21-18/h6-9,15,18-19H,4-5,10-14H2,1-3H3. The molecule has 1 unspecified atom stereocenters. The van der Waals surface area contributed by atoms with Gasteiger partial charge in [-0.05, 0) is 44.0 Å². The van der Waals surface area contributed by atoms with Crippen LogP contribution >= 0.6 is 0 Å². The van der Waals surface area contributed by atoms with Crippen molar-refractivity contribution in [2.75, 3.05) is 26.7 Å². The number of benzene rings is 1. The zero-order valence-corrected chi connectivity index (χ0v) is 13.8. The fourth-order valence-electron chi connectivity index (χ4n) is 2.83. The van der Waals surface area contributed by atoms with Crippen molar-refractivity contribution in [2.45, 2.75) is 51.8 Å². The van der Waals surface area contributed by atoms with Crippen LogP contribution in [0.4, 0.5) is 0 Å². The Hall–Kier alpha value is -0.900. The molecule has 1 fully saturated rings. The van der Waals surface area contributed by atoms with Crippen LogP contribution < -0.4 is 5.32 Å². The maximum atomic E-state index is 5.70. The van der Waals surface area contributed by atoms with Gasteiger partial charge in [-0.1, -0.05) is 38.1 Å². The van der Waals surface area contributed by atoms with Crippen molar-refractivity contribution in [1.82, 2.24) is 10.2 Å². The maximum Gasteiger partial charge on any atom is 0.0702 e. The fourth-order valence-corrected chi connectivity index (χ4v) is 2.83. The Balaban J connectivity index is 1.73. The Morgan fingerprint density at radius 3 is 2.57 bits per heavy atom. The minimum Gasteiger partial charge on any atom is -0.377 e. The monoisotopic (exact) mass is 290 g/mol. The van der Waals surface area contributed by atoms with E-state index >= 15 is 0 Å². The molecule has 0 bridgehead atoms. The summed E-state index contributed by atoms with van der Waals surface area (Å²) in [4.78, 5) is 2.37. The quantitative estimate of drug-likeness (QED) is 0.797. The molecule has 0 saturated carbocycles. The van der Waals surface area contributed by atoms with Crippen molar-refractivity contribution < 1.29 is 4.74 Å². The Labute approximate surface area is 129 Å². The van der Waals surface area contributed by atoms with E-state index in [1.54, 1.807) is 0 Å². The molecule has 118 valence electrons. The second kappa shape index (κ2) is 8.52. The lowest BCUT2D eigenvalue weighted by molar-refractivity contribution is 0.0793. The van der Waals surface area contributed by atoms with Crippen LogP contribution in [-0.2, 0) is 17.7 Å². The molecule has 1 saturated heterocycles. The minimum atomic E-state index is 0.441. The Kier molecular flexibility index (Phi) is 6.68. The first-order valence-electron chi connectivity index (χ1n) is 8.25. The third-order valence-corrected chi connectivity index (χ3v) is 3.98.